The normalized spacial score (nSPS) is 14.8. The minimum Gasteiger partial charge on any atom is -0.508 e. The second kappa shape index (κ2) is 6.15. The molecule has 134 valence electrons. The van der Waals surface area contributed by atoms with Crippen molar-refractivity contribution in [1.82, 2.24) is 0 Å². The number of allylic oxidation sites excluding steroid dienone is 1. The van der Waals surface area contributed by atoms with Crippen molar-refractivity contribution in [1.29, 1.82) is 0 Å². The summed E-state index contributed by atoms with van der Waals surface area (Å²) < 4.78 is 5.78. The standard InChI is InChI=1S/C20H18O6/c1-20(2)8-7-13-16(24)10-17(25)18(19(13)26-20)14(22)6-4-11-3-5-12(21)9-15(11)23/h3-10,21,23-25H,1-2H3/b6-4+. The van der Waals surface area contributed by atoms with Crippen LogP contribution in [0.4, 0.5) is 0 Å². The van der Waals surface area contributed by atoms with Crippen LogP contribution in [0.15, 0.2) is 36.4 Å². The molecule has 0 aliphatic carbocycles. The van der Waals surface area contributed by atoms with Crippen molar-refractivity contribution < 1.29 is 30.0 Å². The van der Waals surface area contributed by atoms with Gasteiger partial charge in [0.2, 0.25) is 0 Å². The summed E-state index contributed by atoms with van der Waals surface area (Å²) in [5.41, 5.74) is -0.151. The van der Waals surface area contributed by atoms with E-state index in [1.54, 1.807) is 26.0 Å². The predicted octanol–water partition coefficient (Wildman–Crippen LogP) is 3.59. The molecule has 1 aliphatic rings. The first kappa shape index (κ1) is 17.4. The van der Waals surface area contributed by atoms with Crippen molar-refractivity contribution in [3.05, 3.63) is 53.1 Å². The monoisotopic (exact) mass is 354 g/mol. The Labute approximate surface area is 149 Å². The van der Waals surface area contributed by atoms with Crippen LogP contribution in [0.3, 0.4) is 0 Å². The average molecular weight is 354 g/mol. The van der Waals surface area contributed by atoms with Gasteiger partial charge in [0.05, 0.1) is 5.56 Å². The van der Waals surface area contributed by atoms with Gasteiger partial charge in [0, 0.05) is 17.7 Å². The molecule has 0 aromatic heterocycles. The van der Waals surface area contributed by atoms with Gasteiger partial charge in [-0.2, -0.15) is 0 Å². The molecule has 3 rings (SSSR count). The summed E-state index contributed by atoms with van der Waals surface area (Å²) in [5.74, 6) is -1.35. The number of hydrogen-bond acceptors (Lipinski definition) is 6. The molecule has 6 nitrogen and oxygen atoms in total. The molecule has 1 heterocycles. The number of ketones is 1. The highest BCUT2D eigenvalue weighted by Gasteiger charge is 2.30. The van der Waals surface area contributed by atoms with Gasteiger partial charge in [-0.3, -0.25) is 4.79 Å². The smallest absolute Gasteiger partial charge is 0.193 e. The van der Waals surface area contributed by atoms with Crippen LogP contribution in [0.25, 0.3) is 12.2 Å². The zero-order valence-electron chi connectivity index (χ0n) is 14.2. The van der Waals surface area contributed by atoms with Crippen LogP contribution in [-0.2, 0) is 0 Å². The Morgan fingerprint density at radius 2 is 1.77 bits per heavy atom. The number of benzene rings is 2. The first-order chi connectivity index (χ1) is 12.2. The molecule has 0 spiro atoms. The highest BCUT2D eigenvalue weighted by atomic mass is 16.5. The van der Waals surface area contributed by atoms with Gasteiger partial charge in [-0.1, -0.05) is 0 Å². The van der Waals surface area contributed by atoms with E-state index in [1.165, 1.54) is 24.3 Å². The van der Waals surface area contributed by atoms with Gasteiger partial charge in [-0.05, 0) is 50.3 Å². The quantitative estimate of drug-likeness (QED) is 0.496. The first-order valence-corrected chi connectivity index (χ1v) is 7.89. The van der Waals surface area contributed by atoms with Crippen LogP contribution in [0.5, 0.6) is 28.7 Å². The minimum absolute atomic E-state index is 0.0789. The van der Waals surface area contributed by atoms with E-state index in [-0.39, 0.29) is 28.6 Å². The number of phenols is 4. The van der Waals surface area contributed by atoms with Crippen LogP contribution < -0.4 is 4.74 Å². The van der Waals surface area contributed by atoms with E-state index in [9.17, 15) is 25.2 Å². The largest absolute Gasteiger partial charge is 0.508 e. The minimum atomic E-state index is -0.707. The van der Waals surface area contributed by atoms with E-state index >= 15 is 0 Å². The number of rotatable bonds is 3. The number of fused-ring (bicyclic) bond motifs is 1. The maximum atomic E-state index is 12.6. The van der Waals surface area contributed by atoms with E-state index < -0.39 is 17.1 Å². The number of aromatic hydroxyl groups is 4. The highest BCUT2D eigenvalue weighted by Crippen LogP contribution is 2.43. The topological polar surface area (TPSA) is 107 Å². The van der Waals surface area contributed by atoms with Gasteiger partial charge in [0.25, 0.3) is 0 Å². The van der Waals surface area contributed by atoms with E-state index in [0.29, 0.717) is 11.1 Å². The summed E-state index contributed by atoms with van der Waals surface area (Å²) in [5, 5.41) is 39.3. The molecule has 2 aromatic rings. The molecule has 0 saturated carbocycles. The van der Waals surface area contributed by atoms with Gasteiger partial charge >= 0.3 is 0 Å². The highest BCUT2D eigenvalue weighted by molar-refractivity contribution is 6.11. The third kappa shape index (κ3) is 3.21. The summed E-state index contributed by atoms with van der Waals surface area (Å²) in [6.07, 6.45) is 5.91. The van der Waals surface area contributed by atoms with Crippen molar-refractivity contribution in [3.63, 3.8) is 0 Å². The number of phenolic OH excluding ortho intramolecular Hbond substituents is 4. The summed E-state index contributed by atoms with van der Waals surface area (Å²) in [6.45, 7) is 3.57. The van der Waals surface area contributed by atoms with E-state index in [2.05, 4.69) is 0 Å². The average Bonchev–Trinajstić information content (AvgIpc) is 2.52. The molecule has 0 bridgehead atoms. The van der Waals surface area contributed by atoms with E-state index in [1.807, 2.05) is 0 Å². The lowest BCUT2D eigenvalue weighted by Crippen LogP contribution is -2.28. The molecular weight excluding hydrogens is 336 g/mol. The molecule has 0 amide bonds. The Bertz CT molecular complexity index is 953. The lowest BCUT2D eigenvalue weighted by Gasteiger charge is -2.29. The molecule has 0 radical (unpaired) electrons. The van der Waals surface area contributed by atoms with Gasteiger partial charge in [0.1, 0.15) is 39.9 Å². The molecule has 2 aromatic carbocycles. The van der Waals surface area contributed by atoms with Crippen molar-refractivity contribution in [2.24, 2.45) is 0 Å². The van der Waals surface area contributed by atoms with Crippen LogP contribution in [0, 0.1) is 0 Å². The van der Waals surface area contributed by atoms with E-state index in [0.717, 1.165) is 12.1 Å². The van der Waals surface area contributed by atoms with Crippen LogP contribution in [0.2, 0.25) is 0 Å². The molecule has 0 atom stereocenters. The van der Waals surface area contributed by atoms with Crippen LogP contribution >= 0.6 is 0 Å². The second-order valence-electron chi connectivity index (χ2n) is 6.51. The molecule has 0 unspecified atom stereocenters. The van der Waals surface area contributed by atoms with Gasteiger partial charge < -0.3 is 25.2 Å². The fourth-order valence-electron chi connectivity index (χ4n) is 2.65. The lowest BCUT2D eigenvalue weighted by atomic mass is 9.96. The Balaban J connectivity index is 2.03. The fourth-order valence-corrected chi connectivity index (χ4v) is 2.65. The maximum Gasteiger partial charge on any atom is 0.193 e. The lowest BCUT2D eigenvalue weighted by molar-refractivity contribution is 0.103. The van der Waals surface area contributed by atoms with Crippen molar-refractivity contribution >= 4 is 17.9 Å². The molecule has 6 heteroatoms. The van der Waals surface area contributed by atoms with E-state index in [4.69, 9.17) is 4.74 Å². The number of ether oxygens (including phenoxy) is 1. The van der Waals surface area contributed by atoms with Crippen molar-refractivity contribution in [3.8, 4) is 28.7 Å². The fraction of sp³-hybridized carbons (Fsp3) is 0.150. The Kier molecular flexibility index (Phi) is 4.12. The third-order valence-corrected chi connectivity index (χ3v) is 3.97. The Hall–Kier alpha value is -3.41. The molecule has 1 aliphatic heterocycles. The summed E-state index contributed by atoms with van der Waals surface area (Å²) in [6, 6.07) is 5.06. The van der Waals surface area contributed by atoms with Crippen molar-refractivity contribution in [2.45, 2.75) is 19.4 Å². The zero-order chi connectivity index (χ0) is 19.1. The summed E-state index contributed by atoms with van der Waals surface area (Å²) in [7, 11) is 0. The number of carbonyl (C=O) groups excluding carboxylic acids is 1. The molecule has 0 saturated heterocycles. The SMILES string of the molecule is CC1(C)C=Cc2c(O)cc(O)c(C(=O)/C=C/c3ccc(O)cc3O)c2O1. The Morgan fingerprint density at radius 3 is 2.46 bits per heavy atom. The third-order valence-electron chi connectivity index (χ3n) is 3.97. The van der Waals surface area contributed by atoms with Gasteiger partial charge in [-0.25, -0.2) is 0 Å². The molecular formula is C20H18O6. The first-order valence-electron chi connectivity index (χ1n) is 7.89. The summed E-state index contributed by atoms with van der Waals surface area (Å²) in [4.78, 5) is 12.6. The zero-order valence-corrected chi connectivity index (χ0v) is 14.2. The van der Waals surface area contributed by atoms with Gasteiger partial charge in [-0.15, -0.1) is 0 Å². The van der Waals surface area contributed by atoms with Crippen LogP contribution in [-0.4, -0.2) is 31.8 Å². The Morgan fingerprint density at radius 1 is 1.04 bits per heavy atom. The second-order valence-corrected chi connectivity index (χ2v) is 6.51. The number of carbonyl (C=O) groups is 1. The predicted molar refractivity (Wildman–Crippen MR) is 96.6 cm³/mol. The molecule has 0 fully saturated rings. The van der Waals surface area contributed by atoms with Crippen molar-refractivity contribution in [2.75, 3.05) is 0 Å². The molecule has 4 N–H and O–H groups in total. The van der Waals surface area contributed by atoms with Crippen LogP contribution in [0.1, 0.15) is 35.3 Å². The molecule has 26 heavy (non-hydrogen) atoms. The number of hydrogen-bond donors (Lipinski definition) is 4. The maximum absolute atomic E-state index is 12.6. The van der Waals surface area contributed by atoms with Gasteiger partial charge in [0.15, 0.2) is 5.78 Å². The summed E-state index contributed by atoms with van der Waals surface area (Å²) >= 11 is 0.